The summed E-state index contributed by atoms with van der Waals surface area (Å²) in [5.41, 5.74) is 3.28. The molecule has 0 radical (unpaired) electrons. The van der Waals surface area contributed by atoms with Crippen LogP contribution in [0.4, 0.5) is 0 Å². The first-order valence-corrected chi connectivity index (χ1v) is 10.9. The number of carbonyl (C=O) groups is 1. The van der Waals surface area contributed by atoms with Crippen LogP contribution >= 0.6 is 0 Å². The highest BCUT2D eigenvalue weighted by atomic mass is 16.5. The third kappa shape index (κ3) is 4.26. The summed E-state index contributed by atoms with van der Waals surface area (Å²) in [6.07, 6.45) is 4.25. The Hall–Kier alpha value is -2.99. The summed E-state index contributed by atoms with van der Waals surface area (Å²) in [5, 5.41) is 4.66. The van der Waals surface area contributed by atoms with Crippen molar-refractivity contribution >= 4 is 16.8 Å². The van der Waals surface area contributed by atoms with Crippen LogP contribution in [0.25, 0.3) is 10.9 Å². The molecule has 2 atom stereocenters. The average Bonchev–Trinajstić information content (AvgIpc) is 3.49. The van der Waals surface area contributed by atoms with Gasteiger partial charge in [-0.3, -0.25) is 4.79 Å². The van der Waals surface area contributed by atoms with Gasteiger partial charge in [-0.05, 0) is 37.5 Å². The molecule has 0 aliphatic carbocycles. The normalized spacial score (nSPS) is 15.8. The van der Waals surface area contributed by atoms with Gasteiger partial charge in [0.05, 0.1) is 20.3 Å². The summed E-state index contributed by atoms with van der Waals surface area (Å²) < 4.78 is 11.3. The fraction of sp³-hybridized carbons (Fsp3) is 0.400. The summed E-state index contributed by atoms with van der Waals surface area (Å²) in [6, 6.07) is 14.0. The highest BCUT2D eigenvalue weighted by molar-refractivity contribution is 5.84. The van der Waals surface area contributed by atoms with Crippen molar-refractivity contribution in [3.8, 4) is 11.5 Å². The van der Waals surface area contributed by atoms with Gasteiger partial charge in [0.25, 0.3) is 0 Å². The first-order valence-electron chi connectivity index (χ1n) is 10.9. The maximum absolute atomic E-state index is 12.8. The summed E-state index contributed by atoms with van der Waals surface area (Å²) in [4.78, 5) is 18.2. The van der Waals surface area contributed by atoms with Gasteiger partial charge >= 0.3 is 0 Å². The molecule has 2 N–H and O–H groups in total. The number of methoxy groups -OCH3 is 2. The molecule has 2 aromatic carbocycles. The number of hydrogen-bond donors (Lipinski definition) is 2. The number of H-pyrrole nitrogens is 1. The lowest BCUT2D eigenvalue weighted by Crippen LogP contribution is -2.44. The van der Waals surface area contributed by atoms with Gasteiger partial charge < -0.3 is 24.7 Å². The molecule has 0 unspecified atom stereocenters. The lowest BCUT2D eigenvalue weighted by molar-refractivity contribution is -0.131. The maximum atomic E-state index is 12.8. The number of nitrogens with one attached hydrogen (secondary N) is 2. The third-order valence-corrected chi connectivity index (χ3v) is 6.22. The number of rotatable bonds is 8. The zero-order valence-corrected chi connectivity index (χ0v) is 18.5. The van der Waals surface area contributed by atoms with E-state index in [1.165, 1.54) is 0 Å². The van der Waals surface area contributed by atoms with E-state index in [9.17, 15) is 4.79 Å². The van der Waals surface area contributed by atoms with E-state index in [4.69, 9.17) is 9.47 Å². The fourth-order valence-corrected chi connectivity index (χ4v) is 4.55. The number of hydrogen-bond acceptors (Lipinski definition) is 4. The van der Waals surface area contributed by atoms with Crippen molar-refractivity contribution in [3.05, 3.63) is 59.8 Å². The SMILES string of the molecule is COc1cccc([C@H](CN[C@H](C)C(=O)N2CCCC2)c2c[nH]c3ccccc23)c1OC. The lowest BCUT2D eigenvalue weighted by Gasteiger charge is -2.25. The summed E-state index contributed by atoms with van der Waals surface area (Å²) in [7, 11) is 3.32. The van der Waals surface area contributed by atoms with Crippen molar-refractivity contribution in [1.82, 2.24) is 15.2 Å². The Kier molecular flexibility index (Phi) is 6.47. The first kappa shape index (κ1) is 21.2. The van der Waals surface area contributed by atoms with Crippen LogP contribution in [0.1, 0.15) is 36.8 Å². The fourth-order valence-electron chi connectivity index (χ4n) is 4.55. The first-order chi connectivity index (χ1) is 15.1. The second kappa shape index (κ2) is 9.43. The molecule has 0 bridgehead atoms. The van der Waals surface area contributed by atoms with Crippen molar-refractivity contribution in [2.45, 2.75) is 31.7 Å². The number of benzene rings is 2. The van der Waals surface area contributed by atoms with E-state index in [0.29, 0.717) is 12.3 Å². The Balaban J connectivity index is 1.68. The molecule has 3 aromatic rings. The van der Waals surface area contributed by atoms with E-state index in [1.54, 1.807) is 14.2 Å². The van der Waals surface area contributed by atoms with Gasteiger partial charge in [0.15, 0.2) is 11.5 Å². The number of ether oxygens (including phenoxy) is 2. The van der Waals surface area contributed by atoms with Gasteiger partial charge in [-0.2, -0.15) is 0 Å². The number of fused-ring (bicyclic) bond motifs is 1. The molecule has 1 aliphatic rings. The van der Waals surface area contributed by atoms with Crippen LogP contribution in [-0.2, 0) is 4.79 Å². The van der Waals surface area contributed by atoms with Crippen LogP contribution in [0.2, 0.25) is 0 Å². The number of nitrogens with zero attached hydrogens (tertiary/aromatic N) is 1. The molecular formula is C25H31N3O3. The summed E-state index contributed by atoms with van der Waals surface area (Å²) >= 11 is 0. The summed E-state index contributed by atoms with van der Waals surface area (Å²) in [6.45, 7) is 4.28. The topological polar surface area (TPSA) is 66.6 Å². The Morgan fingerprint density at radius 1 is 1.06 bits per heavy atom. The van der Waals surface area contributed by atoms with E-state index < -0.39 is 0 Å². The van der Waals surface area contributed by atoms with Gasteiger partial charge in [0.2, 0.25) is 5.91 Å². The molecule has 4 rings (SSSR count). The molecule has 6 nitrogen and oxygen atoms in total. The minimum atomic E-state index is -0.248. The highest BCUT2D eigenvalue weighted by Gasteiger charge is 2.27. The largest absolute Gasteiger partial charge is 0.493 e. The number of para-hydroxylation sites is 2. The number of aromatic amines is 1. The van der Waals surface area contributed by atoms with E-state index in [0.717, 1.165) is 53.7 Å². The molecule has 164 valence electrons. The lowest BCUT2D eigenvalue weighted by atomic mass is 9.89. The van der Waals surface area contributed by atoms with Crippen molar-refractivity contribution in [2.75, 3.05) is 33.9 Å². The number of amides is 1. The second-order valence-corrected chi connectivity index (χ2v) is 8.09. The molecule has 0 saturated carbocycles. The molecule has 6 heteroatoms. The monoisotopic (exact) mass is 421 g/mol. The average molecular weight is 422 g/mol. The molecule has 1 fully saturated rings. The highest BCUT2D eigenvalue weighted by Crippen LogP contribution is 2.40. The maximum Gasteiger partial charge on any atom is 0.239 e. The van der Waals surface area contributed by atoms with Gasteiger partial charge in [-0.1, -0.05) is 30.3 Å². The van der Waals surface area contributed by atoms with Gasteiger partial charge in [0.1, 0.15) is 0 Å². The number of likely N-dealkylation sites (tertiary alicyclic amines) is 1. The van der Waals surface area contributed by atoms with Crippen LogP contribution in [0.3, 0.4) is 0 Å². The van der Waals surface area contributed by atoms with Crippen LogP contribution < -0.4 is 14.8 Å². The van der Waals surface area contributed by atoms with E-state index in [1.807, 2.05) is 36.1 Å². The van der Waals surface area contributed by atoms with Crippen molar-refractivity contribution in [1.29, 1.82) is 0 Å². The van der Waals surface area contributed by atoms with Gasteiger partial charge in [-0.25, -0.2) is 0 Å². The van der Waals surface area contributed by atoms with Gasteiger partial charge in [-0.15, -0.1) is 0 Å². The molecule has 1 aliphatic heterocycles. The number of aromatic nitrogens is 1. The molecule has 1 saturated heterocycles. The Morgan fingerprint density at radius 3 is 2.58 bits per heavy atom. The predicted molar refractivity (Wildman–Crippen MR) is 123 cm³/mol. The standard InChI is InChI=1S/C25H31N3O3/c1-17(25(29)28-13-6-7-14-28)26-15-21(19-10-8-12-23(30-2)24(19)31-3)20-16-27-22-11-5-4-9-18(20)22/h4-5,8-12,16-17,21,26-27H,6-7,13-15H2,1-3H3/t17-,21+/m1/s1. The molecule has 1 amide bonds. The molecule has 31 heavy (non-hydrogen) atoms. The number of carbonyl (C=O) groups excluding carboxylic acids is 1. The van der Waals surface area contributed by atoms with Crippen molar-refractivity contribution < 1.29 is 14.3 Å². The van der Waals surface area contributed by atoms with E-state index >= 15 is 0 Å². The zero-order valence-electron chi connectivity index (χ0n) is 18.5. The minimum Gasteiger partial charge on any atom is -0.493 e. The Bertz CT molecular complexity index is 1040. The van der Waals surface area contributed by atoms with Crippen LogP contribution in [0.15, 0.2) is 48.7 Å². The predicted octanol–water partition coefficient (Wildman–Crippen LogP) is 3.92. The van der Waals surface area contributed by atoms with E-state index in [2.05, 4.69) is 34.7 Å². The van der Waals surface area contributed by atoms with Crippen molar-refractivity contribution in [3.63, 3.8) is 0 Å². The second-order valence-electron chi connectivity index (χ2n) is 8.09. The summed E-state index contributed by atoms with van der Waals surface area (Å²) in [5.74, 6) is 1.58. The molecule has 2 heterocycles. The molecular weight excluding hydrogens is 390 g/mol. The molecule has 0 spiro atoms. The Labute approximate surface area is 183 Å². The Morgan fingerprint density at radius 2 is 1.84 bits per heavy atom. The van der Waals surface area contributed by atoms with Gasteiger partial charge in [0, 0.05) is 48.2 Å². The van der Waals surface area contributed by atoms with Crippen LogP contribution in [-0.4, -0.2) is 55.7 Å². The van der Waals surface area contributed by atoms with Crippen LogP contribution in [0.5, 0.6) is 11.5 Å². The van der Waals surface area contributed by atoms with Crippen LogP contribution in [0, 0.1) is 0 Å². The smallest absolute Gasteiger partial charge is 0.239 e. The van der Waals surface area contributed by atoms with E-state index in [-0.39, 0.29) is 17.9 Å². The quantitative estimate of drug-likeness (QED) is 0.579. The van der Waals surface area contributed by atoms with Crippen molar-refractivity contribution in [2.24, 2.45) is 0 Å². The third-order valence-electron chi connectivity index (χ3n) is 6.22. The molecule has 1 aromatic heterocycles. The minimum absolute atomic E-state index is 0.0185. The zero-order chi connectivity index (χ0) is 21.8.